The summed E-state index contributed by atoms with van der Waals surface area (Å²) in [6.45, 7) is 2.10. The first-order valence-corrected chi connectivity index (χ1v) is 11.9. The zero-order valence-corrected chi connectivity index (χ0v) is 18.7. The van der Waals surface area contributed by atoms with E-state index in [1.165, 1.54) is 23.7 Å². The quantitative estimate of drug-likeness (QED) is 0.454. The van der Waals surface area contributed by atoms with E-state index in [9.17, 15) is 5.26 Å². The van der Waals surface area contributed by atoms with Gasteiger partial charge in [0.25, 0.3) is 0 Å². The van der Waals surface area contributed by atoms with Crippen molar-refractivity contribution in [1.82, 2.24) is 15.3 Å². The van der Waals surface area contributed by atoms with Crippen LogP contribution in [0.15, 0.2) is 18.5 Å². The van der Waals surface area contributed by atoms with Gasteiger partial charge in [0, 0.05) is 46.4 Å². The number of piperazine rings is 1. The molecular formula is C24H18F2N6OS. The maximum absolute atomic E-state index is 16.4. The highest BCUT2D eigenvalue weighted by molar-refractivity contribution is 7.23. The Balaban J connectivity index is 1.57. The number of nitrogens with zero attached hydrogens (tertiary/aromatic N) is 4. The predicted molar refractivity (Wildman–Crippen MR) is 125 cm³/mol. The third-order valence-corrected chi connectivity index (χ3v) is 8.23. The van der Waals surface area contributed by atoms with Gasteiger partial charge in [-0.05, 0) is 29.7 Å². The first-order valence-electron chi connectivity index (χ1n) is 11.0. The Morgan fingerprint density at radius 3 is 2.68 bits per heavy atom. The predicted octanol–water partition coefficient (Wildman–Crippen LogP) is 3.82. The van der Waals surface area contributed by atoms with E-state index in [2.05, 4.69) is 26.3 Å². The number of thiophene rings is 1. The Bertz CT molecular complexity index is 1560. The van der Waals surface area contributed by atoms with Gasteiger partial charge in [0.15, 0.2) is 5.82 Å². The number of nitrogens with one attached hydrogen (secondary N) is 1. The van der Waals surface area contributed by atoms with E-state index >= 15 is 8.78 Å². The number of halogens is 2. The first kappa shape index (κ1) is 20.0. The molecule has 2 atom stereocenters. The molecule has 7 rings (SSSR count). The summed E-state index contributed by atoms with van der Waals surface area (Å²) in [5, 5.41) is 14.4. The van der Waals surface area contributed by atoms with Crippen LogP contribution in [0.1, 0.15) is 23.1 Å². The lowest BCUT2D eigenvalue weighted by Crippen LogP contribution is -2.68. The molecule has 3 aliphatic heterocycles. The normalized spacial score (nSPS) is 21.0. The van der Waals surface area contributed by atoms with Crippen LogP contribution in [0.2, 0.25) is 0 Å². The van der Waals surface area contributed by atoms with Crippen LogP contribution < -0.4 is 16.0 Å². The van der Waals surface area contributed by atoms with E-state index in [0.717, 1.165) is 25.1 Å². The van der Waals surface area contributed by atoms with Gasteiger partial charge in [0.05, 0.1) is 24.2 Å². The molecule has 7 nitrogen and oxygen atoms in total. The molecule has 0 saturated carbocycles. The molecule has 2 saturated heterocycles. The number of ether oxygens (including phenoxy) is 1. The fourth-order valence-electron chi connectivity index (χ4n) is 5.77. The largest absolute Gasteiger partial charge is 0.389 e. The SMILES string of the molecule is N#Cc1c(N)sc2ccc(F)c(-c3c4c(c5c(N6C7CNCC6C7)ncnc5c3F)COC4)c12. The van der Waals surface area contributed by atoms with Crippen LogP contribution in [-0.2, 0) is 18.0 Å². The summed E-state index contributed by atoms with van der Waals surface area (Å²) in [5.74, 6) is -0.547. The maximum atomic E-state index is 16.4. The molecule has 170 valence electrons. The third-order valence-electron chi connectivity index (χ3n) is 7.25. The molecule has 4 aromatic rings. The molecule has 2 unspecified atom stereocenters. The molecule has 34 heavy (non-hydrogen) atoms. The second kappa shape index (κ2) is 7.06. The number of hydrogen-bond acceptors (Lipinski definition) is 8. The summed E-state index contributed by atoms with van der Waals surface area (Å²) in [4.78, 5) is 11.1. The van der Waals surface area contributed by atoms with E-state index in [-0.39, 0.29) is 40.4 Å². The van der Waals surface area contributed by atoms with E-state index in [4.69, 9.17) is 10.5 Å². The summed E-state index contributed by atoms with van der Waals surface area (Å²) in [5.41, 5.74) is 7.82. The number of nitrogen functional groups attached to an aromatic ring is 1. The number of fused-ring (bicyclic) bond motifs is 6. The van der Waals surface area contributed by atoms with Crippen molar-refractivity contribution in [3.05, 3.63) is 46.8 Å². The fourth-order valence-corrected chi connectivity index (χ4v) is 6.70. The van der Waals surface area contributed by atoms with Crippen LogP contribution in [0.3, 0.4) is 0 Å². The van der Waals surface area contributed by atoms with Crippen LogP contribution in [0.4, 0.5) is 19.6 Å². The number of hydrogen-bond donors (Lipinski definition) is 2. The number of anilines is 2. The summed E-state index contributed by atoms with van der Waals surface area (Å²) in [7, 11) is 0. The number of nitrogens with two attached hydrogens (primary N) is 1. The van der Waals surface area contributed by atoms with Crippen molar-refractivity contribution >= 4 is 43.1 Å². The van der Waals surface area contributed by atoms with Crippen molar-refractivity contribution in [2.45, 2.75) is 31.7 Å². The highest BCUT2D eigenvalue weighted by Gasteiger charge is 2.43. The molecule has 3 N–H and O–H groups in total. The third kappa shape index (κ3) is 2.49. The molecule has 5 heterocycles. The molecule has 0 amide bonds. The summed E-state index contributed by atoms with van der Waals surface area (Å²) >= 11 is 1.19. The van der Waals surface area contributed by atoms with Crippen molar-refractivity contribution in [3.63, 3.8) is 0 Å². The Morgan fingerprint density at radius 1 is 1.12 bits per heavy atom. The van der Waals surface area contributed by atoms with Crippen molar-refractivity contribution in [2.24, 2.45) is 0 Å². The average molecular weight is 477 g/mol. The lowest BCUT2D eigenvalue weighted by atomic mass is 9.86. The highest BCUT2D eigenvalue weighted by atomic mass is 32.1. The highest BCUT2D eigenvalue weighted by Crippen LogP contribution is 2.48. The minimum absolute atomic E-state index is 0.0355. The standard InChI is InChI=1S/C24H18F2N6OS/c25-15-1-2-16-17(12(4-27)23(28)34-16)20(15)18-13-7-33-8-14(13)19-22(21(18)26)30-9-31-24(19)32-10-3-11(32)6-29-5-10/h1-2,9-11,29H,3,5-8,28H2. The smallest absolute Gasteiger partial charge is 0.157 e. The molecule has 3 aliphatic rings. The van der Waals surface area contributed by atoms with Crippen LogP contribution in [0, 0.1) is 23.0 Å². The van der Waals surface area contributed by atoms with Gasteiger partial charge in [-0.3, -0.25) is 0 Å². The topological polar surface area (TPSA) is 100 Å². The molecule has 2 bridgehead atoms. The van der Waals surface area contributed by atoms with Gasteiger partial charge in [0.2, 0.25) is 0 Å². The molecule has 0 aliphatic carbocycles. The first-order chi connectivity index (χ1) is 16.6. The van der Waals surface area contributed by atoms with Gasteiger partial charge in [0.1, 0.15) is 34.5 Å². The average Bonchev–Trinajstić information content (AvgIpc) is 3.45. The molecule has 2 aromatic heterocycles. The minimum Gasteiger partial charge on any atom is -0.389 e. The van der Waals surface area contributed by atoms with Crippen LogP contribution in [-0.4, -0.2) is 35.1 Å². The zero-order valence-electron chi connectivity index (χ0n) is 17.9. The fraction of sp³-hybridized carbons (Fsp3) is 0.292. The van der Waals surface area contributed by atoms with Crippen molar-refractivity contribution in [2.75, 3.05) is 23.7 Å². The van der Waals surface area contributed by atoms with E-state index in [0.29, 0.717) is 38.9 Å². The molecule has 2 fully saturated rings. The lowest BCUT2D eigenvalue weighted by molar-refractivity contribution is 0.135. The van der Waals surface area contributed by atoms with E-state index in [1.807, 2.05) is 0 Å². The molecule has 0 radical (unpaired) electrons. The number of nitriles is 1. The van der Waals surface area contributed by atoms with Crippen LogP contribution in [0.25, 0.3) is 32.1 Å². The van der Waals surface area contributed by atoms with Gasteiger partial charge in [-0.1, -0.05) is 0 Å². The summed E-state index contributed by atoms with van der Waals surface area (Å²) in [6, 6.07) is 5.54. The Kier molecular flexibility index (Phi) is 4.16. The monoisotopic (exact) mass is 476 g/mol. The zero-order chi connectivity index (χ0) is 23.1. The van der Waals surface area contributed by atoms with Crippen molar-refractivity contribution in [3.8, 4) is 17.2 Å². The van der Waals surface area contributed by atoms with Crippen molar-refractivity contribution < 1.29 is 13.5 Å². The maximum Gasteiger partial charge on any atom is 0.157 e. The molecule has 2 aromatic carbocycles. The van der Waals surface area contributed by atoms with E-state index in [1.54, 1.807) is 6.07 Å². The molecule has 0 spiro atoms. The van der Waals surface area contributed by atoms with Gasteiger partial charge >= 0.3 is 0 Å². The van der Waals surface area contributed by atoms with Crippen molar-refractivity contribution in [1.29, 1.82) is 5.26 Å². The molecular weight excluding hydrogens is 458 g/mol. The Hall–Kier alpha value is -3.39. The summed E-state index contributed by atoms with van der Waals surface area (Å²) < 4.78 is 38.2. The van der Waals surface area contributed by atoms with E-state index < -0.39 is 11.6 Å². The van der Waals surface area contributed by atoms with Gasteiger partial charge in [-0.25, -0.2) is 18.7 Å². The number of aromatic nitrogens is 2. The van der Waals surface area contributed by atoms with Gasteiger partial charge < -0.3 is 20.7 Å². The number of piperidine rings is 1. The second-order valence-electron chi connectivity index (χ2n) is 8.92. The number of rotatable bonds is 2. The Morgan fingerprint density at radius 2 is 1.91 bits per heavy atom. The molecule has 10 heteroatoms. The Labute approximate surface area is 196 Å². The summed E-state index contributed by atoms with van der Waals surface area (Å²) in [6.07, 6.45) is 2.44. The minimum atomic E-state index is -0.633. The second-order valence-corrected chi connectivity index (χ2v) is 10.0. The number of benzene rings is 2. The van der Waals surface area contributed by atoms with Gasteiger partial charge in [-0.15, -0.1) is 11.3 Å². The van der Waals surface area contributed by atoms with Crippen LogP contribution >= 0.6 is 11.3 Å². The van der Waals surface area contributed by atoms with Crippen LogP contribution in [0.5, 0.6) is 0 Å². The van der Waals surface area contributed by atoms with Gasteiger partial charge in [-0.2, -0.15) is 5.26 Å². The lowest BCUT2D eigenvalue weighted by Gasteiger charge is -2.54.